The van der Waals surface area contributed by atoms with Gasteiger partial charge in [0.1, 0.15) is 23.3 Å². The number of aliphatic hydroxyl groups is 1. The van der Waals surface area contributed by atoms with E-state index in [9.17, 15) is 5.11 Å². The summed E-state index contributed by atoms with van der Waals surface area (Å²) in [7, 11) is 1.61. The summed E-state index contributed by atoms with van der Waals surface area (Å²) in [4.78, 5) is 0. The zero-order valence-corrected chi connectivity index (χ0v) is 23.6. The van der Waals surface area contributed by atoms with Crippen molar-refractivity contribution in [3.8, 4) is 5.75 Å². The largest absolute Gasteiger partial charge is 0.497 e. The number of ether oxygens (including phenoxy) is 5. The van der Waals surface area contributed by atoms with E-state index >= 15 is 4.39 Å². The smallest absolute Gasteiger partial charge is 0.225 e. The number of rotatable bonds is 11. The van der Waals surface area contributed by atoms with Crippen molar-refractivity contribution in [3.05, 3.63) is 137 Å². The number of aliphatic hydroxyl groups excluding tert-OH is 1. The fraction of sp³-hybridized carbons (Fsp3) is 0.314. The Morgan fingerprint density at radius 3 is 2.14 bits per heavy atom. The number of hydrogen-bond acceptors (Lipinski definition) is 6. The first-order valence-electron chi connectivity index (χ1n) is 14.2. The molecule has 4 unspecified atom stereocenters. The maximum absolute atomic E-state index is 15.2. The number of methoxy groups -OCH3 is 1. The highest BCUT2D eigenvalue weighted by atomic mass is 19.1. The number of benzene rings is 4. The van der Waals surface area contributed by atoms with E-state index in [2.05, 4.69) is 0 Å². The highest BCUT2D eigenvalue weighted by Gasteiger charge is 2.64. The minimum atomic E-state index is -1.40. The lowest BCUT2D eigenvalue weighted by Gasteiger charge is -2.46. The van der Waals surface area contributed by atoms with E-state index in [-0.39, 0.29) is 19.0 Å². The maximum atomic E-state index is 15.2. The first-order chi connectivity index (χ1) is 20.5. The van der Waals surface area contributed by atoms with Crippen molar-refractivity contribution in [1.82, 2.24) is 0 Å². The molecular formula is C35H35FO6. The maximum Gasteiger partial charge on any atom is 0.225 e. The lowest BCUT2D eigenvalue weighted by molar-refractivity contribution is -0.321. The molecule has 7 heteroatoms. The van der Waals surface area contributed by atoms with Crippen LogP contribution in [0.4, 0.5) is 4.39 Å². The third kappa shape index (κ3) is 5.84. The Bertz CT molecular complexity index is 1460. The molecule has 0 radical (unpaired) electrons. The van der Waals surface area contributed by atoms with E-state index in [1.807, 2.05) is 84.9 Å². The molecule has 0 aromatic heterocycles. The Morgan fingerprint density at radius 2 is 1.50 bits per heavy atom. The van der Waals surface area contributed by atoms with Crippen LogP contribution in [0.5, 0.6) is 5.75 Å². The third-order valence-corrected chi connectivity index (χ3v) is 8.07. The average Bonchev–Trinajstić information content (AvgIpc) is 3.37. The normalized spacial score (nSPS) is 24.9. The molecule has 2 saturated heterocycles. The van der Waals surface area contributed by atoms with Crippen LogP contribution >= 0.6 is 0 Å². The molecule has 0 aliphatic carbocycles. The van der Waals surface area contributed by atoms with E-state index in [1.54, 1.807) is 19.2 Å². The van der Waals surface area contributed by atoms with Gasteiger partial charge < -0.3 is 28.8 Å². The standard InChI is InChI=1S/C35H35FO6/c1-38-30-15-12-25(13-16-30)18-28-19-29(14-17-31(28)36)35-33(40-22-27-10-6-3-7-11-27)32(20-34(23-37,42-35)24-41-35)39-21-26-8-4-2-5-9-26/h2-17,19,32-33,37H,18,20-24H2,1H3. The van der Waals surface area contributed by atoms with Crippen LogP contribution in [0.1, 0.15) is 34.2 Å². The Hall–Kier alpha value is -3.59. The molecule has 4 atom stereocenters. The lowest BCUT2D eigenvalue weighted by atomic mass is 9.85. The summed E-state index contributed by atoms with van der Waals surface area (Å²) in [5.74, 6) is -0.992. The lowest BCUT2D eigenvalue weighted by Crippen LogP contribution is -2.58. The van der Waals surface area contributed by atoms with E-state index in [0.29, 0.717) is 37.2 Å². The van der Waals surface area contributed by atoms with Crippen LogP contribution in [0.15, 0.2) is 103 Å². The first kappa shape index (κ1) is 28.5. The Kier molecular flexibility index (Phi) is 8.38. The van der Waals surface area contributed by atoms with Crippen LogP contribution in [0.25, 0.3) is 0 Å². The number of fused-ring (bicyclic) bond motifs is 2. The quantitative estimate of drug-likeness (QED) is 0.241. The van der Waals surface area contributed by atoms with Crippen molar-refractivity contribution in [2.75, 3.05) is 20.3 Å². The summed E-state index contributed by atoms with van der Waals surface area (Å²) >= 11 is 0. The summed E-state index contributed by atoms with van der Waals surface area (Å²) in [5, 5.41) is 10.5. The first-order valence-corrected chi connectivity index (χ1v) is 14.2. The van der Waals surface area contributed by atoms with Gasteiger partial charge in [-0.3, -0.25) is 0 Å². The summed E-state index contributed by atoms with van der Waals surface area (Å²) < 4.78 is 46.7. The van der Waals surface area contributed by atoms with Crippen molar-refractivity contribution in [2.45, 2.75) is 49.7 Å². The van der Waals surface area contributed by atoms with Crippen LogP contribution in [0.2, 0.25) is 0 Å². The molecule has 6 rings (SSSR count). The van der Waals surface area contributed by atoms with E-state index in [4.69, 9.17) is 23.7 Å². The van der Waals surface area contributed by atoms with E-state index < -0.39 is 23.6 Å². The minimum Gasteiger partial charge on any atom is -0.497 e. The summed E-state index contributed by atoms with van der Waals surface area (Å²) in [5.41, 5.74) is 3.09. The van der Waals surface area contributed by atoms with Crippen molar-refractivity contribution in [2.24, 2.45) is 0 Å². The zero-order valence-electron chi connectivity index (χ0n) is 23.6. The summed E-state index contributed by atoms with van der Waals surface area (Å²) in [6.45, 7) is 0.577. The molecule has 0 amide bonds. The van der Waals surface area contributed by atoms with Gasteiger partial charge in [0.15, 0.2) is 0 Å². The fourth-order valence-electron chi connectivity index (χ4n) is 5.82. The van der Waals surface area contributed by atoms with Gasteiger partial charge >= 0.3 is 0 Å². The second-order valence-electron chi connectivity index (χ2n) is 11.0. The van der Waals surface area contributed by atoms with Crippen molar-refractivity contribution < 1.29 is 33.2 Å². The van der Waals surface area contributed by atoms with Gasteiger partial charge in [-0.1, -0.05) is 78.9 Å². The van der Waals surface area contributed by atoms with Gasteiger partial charge in [-0.05, 0) is 46.5 Å². The van der Waals surface area contributed by atoms with E-state index in [1.165, 1.54) is 6.07 Å². The van der Waals surface area contributed by atoms with Gasteiger partial charge in [-0.15, -0.1) is 0 Å². The van der Waals surface area contributed by atoms with Crippen LogP contribution in [-0.2, 0) is 44.4 Å². The van der Waals surface area contributed by atoms with Crippen LogP contribution in [0, 0.1) is 5.82 Å². The molecule has 0 spiro atoms. The molecule has 2 fully saturated rings. The molecule has 4 aromatic rings. The molecule has 2 aliphatic heterocycles. The average molecular weight is 571 g/mol. The Morgan fingerprint density at radius 1 is 0.833 bits per heavy atom. The molecule has 1 N–H and O–H groups in total. The second-order valence-corrected chi connectivity index (χ2v) is 11.0. The van der Waals surface area contributed by atoms with Crippen LogP contribution in [-0.4, -0.2) is 43.2 Å². The highest BCUT2D eigenvalue weighted by Crippen LogP contribution is 2.51. The highest BCUT2D eigenvalue weighted by molar-refractivity contribution is 5.36. The molecule has 2 bridgehead atoms. The molecule has 2 aliphatic rings. The molecule has 218 valence electrons. The molecule has 2 heterocycles. The van der Waals surface area contributed by atoms with Gasteiger partial charge in [0.05, 0.1) is 39.6 Å². The molecular weight excluding hydrogens is 535 g/mol. The SMILES string of the molecule is COc1ccc(Cc2cc(C34OCC(CO)(CC(OCc5ccccc5)C3OCc3ccccc3)O4)ccc2F)cc1. The molecule has 6 nitrogen and oxygen atoms in total. The molecule has 4 aromatic carbocycles. The van der Waals surface area contributed by atoms with Gasteiger partial charge in [0.2, 0.25) is 5.79 Å². The van der Waals surface area contributed by atoms with Crippen molar-refractivity contribution in [3.63, 3.8) is 0 Å². The fourth-order valence-corrected chi connectivity index (χ4v) is 5.82. The van der Waals surface area contributed by atoms with Gasteiger partial charge in [0.25, 0.3) is 0 Å². The Balaban J connectivity index is 1.36. The number of hydrogen-bond donors (Lipinski definition) is 1. The monoisotopic (exact) mass is 570 g/mol. The molecule has 42 heavy (non-hydrogen) atoms. The van der Waals surface area contributed by atoms with Gasteiger partial charge in [0, 0.05) is 18.4 Å². The zero-order chi connectivity index (χ0) is 29.0. The van der Waals surface area contributed by atoms with Crippen molar-refractivity contribution in [1.29, 1.82) is 0 Å². The van der Waals surface area contributed by atoms with Gasteiger partial charge in [-0.25, -0.2) is 4.39 Å². The second kappa shape index (κ2) is 12.3. The van der Waals surface area contributed by atoms with Crippen LogP contribution < -0.4 is 4.74 Å². The Labute approximate surface area is 245 Å². The van der Waals surface area contributed by atoms with Crippen LogP contribution in [0.3, 0.4) is 0 Å². The predicted molar refractivity (Wildman–Crippen MR) is 155 cm³/mol. The predicted octanol–water partition coefficient (Wildman–Crippen LogP) is 5.93. The summed E-state index contributed by atoms with van der Waals surface area (Å²) in [6, 6.07) is 32.3. The third-order valence-electron chi connectivity index (χ3n) is 8.07. The van der Waals surface area contributed by atoms with E-state index in [0.717, 1.165) is 22.4 Å². The van der Waals surface area contributed by atoms with Crippen molar-refractivity contribution >= 4 is 0 Å². The topological polar surface area (TPSA) is 66.4 Å². The number of halogens is 1. The summed E-state index contributed by atoms with van der Waals surface area (Å²) in [6.07, 6.45) is -0.401. The van der Waals surface area contributed by atoms with Gasteiger partial charge in [-0.2, -0.15) is 0 Å². The minimum absolute atomic E-state index is 0.158. The molecule has 0 saturated carbocycles.